The van der Waals surface area contributed by atoms with Gasteiger partial charge in [-0.2, -0.15) is 5.10 Å². The predicted octanol–water partition coefficient (Wildman–Crippen LogP) is 3.71. The number of nitrogens with two attached hydrogens (primary N) is 1. The molecule has 3 aromatic rings. The van der Waals surface area contributed by atoms with Crippen molar-refractivity contribution in [2.75, 3.05) is 6.61 Å². The fourth-order valence-electron chi connectivity index (χ4n) is 2.74. The van der Waals surface area contributed by atoms with Gasteiger partial charge in [0.15, 0.2) is 5.82 Å². The van der Waals surface area contributed by atoms with Gasteiger partial charge in [-0.3, -0.25) is 4.98 Å². The minimum Gasteiger partial charge on any atom is -0.463 e. The molecule has 0 saturated carbocycles. The molecule has 9 heteroatoms. The molecule has 0 fully saturated rings. The van der Waals surface area contributed by atoms with E-state index >= 15 is 0 Å². The number of rotatable bonds is 6. The first-order valence-corrected chi connectivity index (χ1v) is 9.78. The Kier molecular flexibility index (Phi) is 6.70. The lowest BCUT2D eigenvalue weighted by atomic mass is 10.0. The standard InChI is InChI=1S/C20H19IN6O2/c1-3-29-19(28)10-8-16-14(7-9-18(26-16)23-12-22)15-11-24-27(21)20(15)17-6-4-5-13(2)25-17/h4-12H,3H2,1-2H3,(H2,22,23,26)/b10-8+. The number of halogens is 1. The highest BCUT2D eigenvalue weighted by Gasteiger charge is 2.18. The number of esters is 1. The van der Waals surface area contributed by atoms with Gasteiger partial charge in [0.1, 0.15) is 5.69 Å². The van der Waals surface area contributed by atoms with Gasteiger partial charge in [0, 0.05) is 22.9 Å². The quantitative estimate of drug-likeness (QED) is 0.181. The Morgan fingerprint density at radius 2 is 2.10 bits per heavy atom. The maximum atomic E-state index is 11.8. The third-order valence-electron chi connectivity index (χ3n) is 3.93. The number of pyridine rings is 2. The molecule has 8 nitrogen and oxygen atoms in total. The SMILES string of the molecule is CCOC(=O)/C=C/c1nc(N=CN)ccc1-c1cnn(I)c1-c1cccc(C)n1. The first-order chi connectivity index (χ1) is 14.0. The average Bonchev–Trinajstić information content (AvgIpc) is 3.08. The molecule has 0 aliphatic carbocycles. The summed E-state index contributed by atoms with van der Waals surface area (Å²) in [4.78, 5) is 24.9. The molecule has 0 aliphatic rings. The van der Waals surface area contributed by atoms with Crippen molar-refractivity contribution >= 4 is 47.1 Å². The molecule has 148 valence electrons. The van der Waals surface area contributed by atoms with Crippen LogP contribution in [0.3, 0.4) is 0 Å². The van der Waals surface area contributed by atoms with Crippen LogP contribution in [-0.2, 0) is 9.53 Å². The van der Waals surface area contributed by atoms with E-state index in [1.807, 2.05) is 31.2 Å². The molecule has 0 aromatic carbocycles. The molecule has 0 bridgehead atoms. The largest absolute Gasteiger partial charge is 0.463 e. The van der Waals surface area contributed by atoms with Crippen LogP contribution in [0.15, 0.2) is 47.6 Å². The first kappa shape index (κ1) is 20.6. The normalized spacial score (nSPS) is 11.4. The molecule has 0 aliphatic heterocycles. The fourth-order valence-corrected chi connectivity index (χ4v) is 3.37. The van der Waals surface area contributed by atoms with Crippen molar-refractivity contribution in [3.8, 4) is 22.5 Å². The number of aryl methyl sites for hydroxylation is 1. The highest BCUT2D eigenvalue weighted by atomic mass is 127. The fraction of sp³-hybridized carbons (Fsp3) is 0.150. The van der Waals surface area contributed by atoms with Gasteiger partial charge in [-0.25, -0.2) is 17.7 Å². The predicted molar refractivity (Wildman–Crippen MR) is 121 cm³/mol. The summed E-state index contributed by atoms with van der Waals surface area (Å²) in [5, 5.41) is 4.39. The second kappa shape index (κ2) is 9.41. The van der Waals surface area contributed by atoms with E-state index in [9.17, 15) is 4.79 Å². The van der Waals surface area contributed by atoms with Crippen LogP contribution in [0.4, 0.5) is 5.82 Å². The number of ether oxygens (including phenoxy) is 1. The van der Waals surface area contributed by atoms with Crippen molar-refractivity contribution in [1.29, 1.82) is 0 Å². The number of aromatic nitrogens is 4. The molecule has 0 amide bonds. The molecule has 0 radical (unpaired) electrons. The van der Waals surface area contributed by atoms with Crippen molar-refractivity contribution in [3.63, 3.8) is 0 Å². The lowest BCUT2D eigenvalue weighted by Gasteiger charge is -2.09. The minimum absolute atomic E-state index is 0.297. The van der Waals surface area contributed by atoms with Gasteiger partial charge in [-0.05, 0) is 44.2 Å². The molecular formula is C20H19IN6O2. The maximum absolute atomic E-state index is 11.8. The van der Waals surface area contributed by atoms with Gasteiger partial charge in [0.05, 0.1) is 53.4 Å². The van der Waals surface area contributed by atoms with E-state index < -0.39 is 5.97 Å². The Balaban J connectivity index is 2.15. The molecule has 0 unspecified atom stereocenters. The zero-order valence-corrected chi connectivity index (χ0v) is 18.1. The number of carbonyl (C=O) groups is 1. The Hall–Kier alpha value is -3.08. The highest BCUT2D eigenvalue weighted by Crippen LogP contribution is 2.35. The highest BCUT2D eigenvalue weighted by molar-refractivity contribution is 14.1. The van der Waals surface area contributed by atoms with Crippen molar-refractivity contribution in [2.45, 2.75) is 13.8 Å². The van der Waals surface area contributed by atoms with Crippen molar-refractivity contribution < 1.29 is 9.53 Å². The van der Waals surface area contributed by atoms with Crippen molar-refractivity contribution in [1.82, 2.24) is 18.0 Å². The summed E-state index contributed by atoms with van der Waals surface area (Å²) < 4.78 is 6.70. The lowest BCUT2D eigenvalue weighted by molar-refractivity contribution is -0.137. The van der Waals surface area contributed by atoms with Crippen LogP contribution < -0.4 is 5.73 Å². The van der Waals surface area contributed by atoms with Crippen LogP contribution in [-0.4, -0.2) is 36.9 Å². The van der Waals surface area contributed by atoms with Crippen LogP contribution >= 0.6 is 22.9 Å². The lowest BCUT2D eigenvalue weighted by Crippen LogP contribution is -1.99. The molecule has 3 heterocycles. The summed E-state index contributed by atoms with van der Waals surface area (Å²) in [5.41, 5.74) is 10.1. The van der Waals surface area contributed by atoms with Crippen LogP contribution in [0.25, 0.3) is 28.6 Å². The summed E-state index contributed by atoms with van der Waals surface area (Å²) in [7, 11) is 0. The zero-order chi connectivity index (χ0) is 20.8. The summed E-state index contributed by atoms with van der Waals surface area (Å²) >= 11 is 2.11. The number of hydrogen-bond acceptors (Lipinski definition) is 6. The second-order valence-electron chi connectivity index (χ2n) is 5.90. The number of hydrogen-bond donors (Lipinski definition) is 1. The van der Waals surface area contributed by atoms with E-state index in [2.05, 4.69) is 42.9 Å². The monoisotopic (exact) mass is 502 g/mol. The maximum Gasteiger partial charge on any atom is 0.330 e. The summed E-state index contributed by atoms with van der Waals surface area (Å²) in [6.45, 7) is 3.99. The van der Waals surface area contributed by atoms with Crippen molar-refractivity contribution in [2.24, 2.45) is 10.7 Å². The second-order valence-corrected chi connectivity index (χ2v) is 6.81. The van der Waals surface area contributed by atoms with Gasteiger partial charge in [-0.1, -0.05) is 6.07 Å². The molecule has 3 aromatic heterocycles. The van der Waals surface area contributed by atoms with Gasteiger partial charge in [0.2, 0.25) is 0 Å². The molecular weight excluding hydrogens is 483 g/mol. The van der Waals surface area contributed by atoms with E-state index in [0.29, 0.717) is 18.1 Å². The Labute approximate surface area is 182 Å². The third kappa shape index (κ3) is 4.86. The number of nitrogens with zero attached hydrogens (tertiary/aromatic N) is 5. The topological polar surface area (TPSA) is 108 Å². The molecule has 0 spiro atoms. The number of aliphatic imine (C=N–C) groups is 1. The Morgan fingerprint density at radius 3 is 2.83 bits per heavy atom. The summed E-state index contributed by atoms with van der Waals surface area (Å²) in [6, 6.07) is 9.43. The van der Waals surface area contributed by atoms with Gasteiger partial charge < -0.3 is 10.5 Å². The van der Waals surface area contributed by atoms with Gasteiger partial charge >= 0.3 is 5.97 Å². The minimum atomic E-state index is -0.446. The van der Waals surface area contributed by atoms with E-state index in [4.69, 9.17) is 10.5 Å². The Morgan fingerprint density at radius 1 is 1.28 bits per heavy atom. The van der Waals surface area contributed by atoms with Gasteiger partial charge in [-0.15, -0.1) is 0 Å². The number of carbonyl (C=O) groups excluding carboxylic acids is 1. The molecule has 0 atom stereocenters. The zero-order valence-electron chi connectivity index (χ0n) is 15.9. The van der Waals surface area contributed by atoms with Crippen LogP contribution in [0.5, 0.6) is 0 Å². The van der Waals surface area contributed by atoms with E-state index in [1.165, 1.54) is 12.4 Å². The molecule has 29 heavy (non-hydrogen) atoms. The first-order valence-electron chi connectivity index (χ1n) is 8.82. The molecule has 3 rings (SSSR count). The Bertz CT molecular complexity index is 1090. The van der Waals surface area contributed by atoms with E-state index in [-0.39, 0.29) is 0 Å². The summed E-state index contributed by atoms with van der Waals surface area (Å²) in [6.07, 6.45) is 5.85. The molecule has 2 N–H and O–H groups in total. The van der Waals surface area contributed by atoms with E-state index in [1.54, 1.807) is 28.2 Å². The van der Waals surface area contributed by atoms with Crippen LogP contribution in [0.2, 0.25) is 0 Å². The molecule has 0 saturated heterocycles. The van der Waals surface area contributed by atoms with Crippen LogP contribution in [0.1, 0.15) is 18.3 Å². The van der Waals surface area contributed by atoms with E-state index in [0.717, 1.165) is 28.2 Å². The smallest absolute Gasteiger partial charge is 0.330 e. The average molecular weight is 502 g/mol. The van der Waals surface area contributed by atoms with Crippen molar-refractivity contribution in [3.05, 3.63) is 54.0 Å². The van der Waals surface area contributed by atoms with Gasteiger partial charge in [0.25, 0.3) is 0 Å². The summed E-state index contributed by atoms with van der Waals surface area (Å²) in [5.74, 6) is -0.0185. The third-order valence-corrected chi connectivity index (χ3v) is 4.66. The van der Waals surface area contributed by atoms with Crippen LogP contribution in [0, 0.1) is 6.92 Å².